The summed E-state index contributed by atoms with van der Waals surface area (Å²) < 4.78 is 4.14. The van der Waals surface area contributed by atoms with E-state index in [9.17, 15) is 10.1 Å². The van der Waals surface area contributed by atoms with Gasteiger partial charge in [-0.25, -0.2) is 0 Å². The van der Waals surface area contributed by atoms with Crippen LogP contribution in [0.4, 0.5) is 5.69 Å². The molecule has 72 valence electrons. The Kier molecular flexibility index (Phi) is 1.96. The average Bonchev–Trinajstić information content (AvgIpc) is 2.51. The maximum atomic E-state index is 10.8. The number of fused-ring (bicyclic) bond motifs is 1. The van der Waals surface area contributed by atoms with Gasteiger partial charge in [0.1, 0.15) is 0 Å². The van der Waals surface area contributed by atoms with Crippen LogP contribution in [0.25, 0.3) is 10.9 Å². The fourth-order valence-corrected chi connectivity index (χ4v) is 2.33. The summed E-state index contributed by atoms with van der Waals surface area (Å²) in [5, 5.41) is 13.2. The van der Waals surface area contributed by atoms with E-state index in [1.165, 1.54) is 11.5 Å². The topological polar surface area (TPSA) is 56.0 Å². The first-order valence-corrected chi connectivity index (χ1v) is 4.93. The largest absolute Gasteiger partial charge is 0.282 e. The molecule has 0 N–H and O–H groups in total. The second kappa shape index (κ2) is 3.02. The molecule has 0 aliphatic carbocycles. The Morgan fingerprint density at radius 2 is 2.14 bits per heavy atom. The minimum atomic E-state index is -0.342. The molecule has 1 heterocycles. The minimum Gasteiger partial charge on any atom is -0.258 e. The zero-order chi connectivity index (χ0) is 10.3. The zero-order valence-electron chi connectivity index (χ0n) is 7.77. The SMILES string of the molecule is Cc1cc(C)c2nscc2c1[N+](=O)[O-]. The molecule has 0 amide bonds. The van der Waals surface area contributed by atoms with Crippen molar-refractivity contribution in [3.8, 4) is 0 Å². The molecule has 2 aromatic rings. The van der Waals surface area contributed by atoms with E-state index >= 15 is 0 Å². The summed E-state index contributed by atoms with van der Waals surface area (Å²) in [7, 11) is 0. The van der Waals surface area contributed by atoms with Crippen LogP contribution in [0.3, 0.4) is 0 Å². The molecule has 2 rings (SSSR count). The van der Waals surface area contributed by atoms with Gasteiger partial charge in [0.15, 0.2) is 0 Å². The molecule has 0 aliphatic rings. The lowest BCUT2D eigenvalue weighted by Gasteiger charge is -2.00. The molecule has 4 nitrogen and oxygen atoms in total. The van der Waals surface area contributed by atoms with Crippen LogP contribution in [0.1, 0.15) is 11.1 Å². The van der Waals surface area contributed by atoms with Crippen molar-refractivity contribution in [1.29, 1.82) is 0 Å². The monoisotopic (exact) mass is 208 g/mol. The van der Waals surface area contributed by atoms with Crippen LogP contribution in [0.2, 0.25) is 0 Å². The Hall–Kier alpha value is -1.49. The van der Waals surface area contributed by atoms with Crippen LogP contribution < -0.4 is 0 Å². The molecule has 0 saturated heterocycles. The molecule has 0 bridgehead atoms. The van der Waals surface area contributed by atoms with E-state index < -0.39 is 0 Å². The van der Waals surface area contributed by atoms with Gasteiger partial charge in [-0.2, -0.15) is 4.37 Å². The summed E-state index contributed by atoms with van der Waals surface area (Å²) in [6.45, 7) is 3.67. The van der Waals surface area contributed by atoms with Crippen LogP contribution in [-0.4, -0.2) is 9.30 Å². The first kappa shape index (κ1) is 9.08. The van der Waals surface area contributed by atoms with E-state index in [4.69, 9.17) is 0 Å². The van der Waals surface area contributed by atoms with Gasteiger partial charge in [0.2, 0.25) is 0 Å². The smallest absolute Gasteiger partial charge is 0.258 e. The Balaban J connectivity index is 2.93. The van der Waals surface area contributed by atoms with E-state index in [1.807, 2.05) is 6.92 Å². The maximum Gasteiger partial charge on any atom is 0.282 e. The molecule has 0 unspecified atom stereocenters. The highest BCUT2D eigenvalue weighted by Gasteiger charge is 2.18. The second-order valence-corrected chi connectivity index (χ2v) is 3.82. The summed E-state index contributed by atoms with van der Waals surface area (Å²) in [4.78, 5) is 10.5. The van der Waals surface area contributed by atoms with Gasteiger partial charge in [-0.1, -0.05) is 0 Å². The van der Waals surface area contributed by atoms with Gasteiger partial charge in [-0.15, -0.1) is 0 Å². The van der Waals surface area contributed by atoms with Crippen LogP contribution in [0.5, 0.6) is 0 Å². The summed E-state index contributed by atoms with van der Waals surface area (Å²) in [5.74, 6) is 0. The molecule has 1 aromatic carbocycles. The van der Waals surface area contributed by atoms with E-state index in [1.54, 1.807) is 18.4 Å². The molecule has 0 fully saturated rings. The summed E-state index contributed by atoms with van der Waals surface area (Å²) in [6.07, 6.45) is 0. The molecule has 14 heavy (non-hydrogen) atoms. The molecule has 1 aromatic heterocycles. The lowest BCUT2D eigenvalue weighted by Crippen LogP contribution is -1.93. The van der Waals surface area contributed by atoms with Crippen molar-refractivity contribution in [3.05, 3.63) is 32.7 Å². The number of aromatic nitrogens is 1. The van der Waals surface area contributed by atoms with Gasteiger partial charge in [0, 0.05) is 10.9 Å². The van der Waals surface area contributed by atoms with Gasteiger partial charge in [-0.3, -0.25) is 10.1 Å². The van der Waals surface area contributed by atoms with Crippen LogP contribution >= 0.6 is 11.5 Å². The summed E-state index contributed by atoms with van der Waals surface area (Å²) in [6, 6.07) is 1.81. The molecular weight excluding hydrogens is 200 g/mol. The predicted octanol–water partition coefficient (Wildman–Crippen LogP) is 2.82. The fraction of sp³-hybridized carbons (Fsp3) is 0.222. The number of nitro benzene ring substituents is 1. The molecule has 0 spiro atoms. The van der Waals surface area contributed by atoms with Crippen molar-refractivity contribution in [3.63, 3.8) is 0 Å². The number of benzene rings is 1. The number of aryl methyl sites for hydroxylation is 2. The average molecular weight is 208 g/mol. The van der Waals surface area contributed by atoms with Gasteiger partial charge >= 0.3 is 0 Å². The van der Waals surface area contributed by atoms with Crippen molar-refractivity contribution in [2.45, 2.75) is 13.8 Å². The van der Waals surface area contributed by atoms with Gasteiger partial charge < -0.3 is 0 Å². The highest BCUT2D eigenvalue weighted by atomic mass is 32.1. The van der Waals surface area contributed by atoms with E-state index in [0.717, 1.165) is 11.1 Å². The van der Waals surface area contributed by atoms with Crippen molar-refractivity contribution >= 4 is 28.1 Å². The third-order valence-electron chi connectivity index (χ3n) is 2.19. The number of rotatable bonds is 1. The first-order valence-electron chi connectivity index (χ1n) is 4.10. The Labute approximate surface area is 84.5 Å². The second-order valence-electron chi connectivity index (χ2n) is 3.19. The third-order valence-corrected chi connectivity index (χ3v) is 2.82. The zero-order valence-corrected chi connectivity index (χ0v) is 8.59. The number of nitro groups is 1. The van der Waals surface area contributed by atoms with Crippen LogP contribution in [0, 0.1) is 24.0 Å². The molecule has 0 saturated carbocycles. The van der Waals surface area contributed by atoms with Gasteiger partial charge in [-0.05, 0) is 37.0 Å². The van der Waals surface area contributed by atoms with Gasteiger partial charge in [0.25, 0.3) is 5.69 Å². The molecule has 5 heteroatoms. The first-order chi connectivity index (χ1) is 6.61. The van der Waals surface area contributed by atoms with E-state index in [-0.39, 0.29) is 10.6 Å². The number of nitrogens with zero attached hydrogens (tertiary/aromatic N) is 2. The van der Waals surface area contributed by atoms with Crippen molar-refractivity contribution in [2.75, 3.05) is 0 Å². The summed E-state index contributed by atoms with van der Waals surface area (Å²) >= 11 is 1.25. The Morgan fingerprint density at radius 1 is 1.43 bits per heavy atom. The van der Waals surface area contributed by atoms with Crippen LogP contribution in [-0.2, 0) is 0 Å². The van der Waals surface area contributed by atoms with Crippen molar-refractivity contribution in [2.24, 2.45) is 0 Å². The van der Waals surface area contributed by atoms with E-state index in [0.29, 0.717) is 10.9 Å². The molecule has 0 atom stereocenters. The number of hydrogen-bond acceptors (Lipinski definition) is 4. The Morgan fingerprint density at radius 3 is 2.79 bits per heavy atom. The quantitative estimate of drug-likeness (QED) is 0.534. The minimum absolute atomic E-state index is 0.180. The fourth-order valence-electron chi connectivity index (χ4n) is 1.61. The van der Waals surface area contributed by atoms with Gasteiger partial charge in [0.05, 0.1) is 15.8 Å². The molecule has 0 aliphatic heterocycles. The third kappa shape index (κ3) is 1.17. The lowest BCUT2D eigenvalue weighted by atomic mass is 10.1. The molecule has 0 radical (unpaired) electrons. The van der Waals surface area contributed by atoms with Crippen LogP contribution in [0.15, 0.2) is 11.4 Å². The summed E-state index contributed by atoms with van der Waals surface area (Å²) in [5.41, 5.74) is 2.61. The maximum absolute atomic E-state index is 10.8. The highest BCUT2D eigenvalue weighted by Crippen LogP contribution is 2.32. The lowest BCUT2D eigenvalue weighted by molar-refractivity contribution is -0.383. The standard InChI is InChI=1S/C9H8N2O2S/c1-5-3-6(2)9(11(12)13)7-4-14-10-8(5)7/h3-4H,1-2H3. The number of hydrogen-bond donors (Lipinski definition) is 0. The van der Waals surface area contributed by atoms with E-state index in [2.05, 4.69) is 4.37 Å². The predicted molar refractivity (Wildman–Crippen MR) is 55.7 cm³/mol. The Bertz CT molecular complexity index is 519. The molecular formula is C9H8N2O2S. The highest BCUT2D eigenvalue weighted by molar-refractivity contribution is 7.04. The normalized spacial score (nSPS) is 10.7. The van der Waals surface area contributed by atoms with Crippen molar-refractivity contribution < 1.29 is 4.92 Å². The van der Waals surface area contributed by atoms with Crippen molar-refractivity contribution in [1.82, 2.24) is 4.37 Å².